The minimum Gasteiger partial charge on any atom is -0.375 e. The Morgan fingerprint density at radius 3 is 2.80 bits per heavy atom. The number of morpholine rings is 1. The monoisotopic (exact) mass is 291 g/mol. The molecule has 110 valence electrons. The average molecular weight is 291 g/mol. The zero-order valence-electron chi connectivity index (χ0n) is 12.1. The maximum atomic E-state index is 5.97. The summed E-state index contributed by atoms with van der Waals surface area (Å²) in [4.78, 5) is 2.67. The summed E-state index contributed by atoms with van der Waals surface area (Å²) in [7, 11) is 0. The molecule has 3 rings (SSSR count). The van der Waals surface area contributed by atoms with Crippen LogP contribution in [-0.4, -0.2) is 42.5 Å². The van der Waals surface area contributed by atoms with Gasteiger partial charge in [-0.1, -0.05) is 43.2 Å². The third kappa shape index (κ3) is 3.21. The van der Waals surface area contributed by atoms with Gasteiger partial charge in [0.05, 0.1) is 12.7 Å². The summed E-state index contributed by atoms with van der Waals surface area (Å²) in [5.74, 6) is 1.44. The van der Waals surface area contributed by atoms with Crippen LogP contribution < -0.4 is 0 Å². The number of hydrogen-bond acceptors (Lipinski definition) is 3. The Labute approximate surface area is 127 Å². The van der Waals surface area contributed by atoms with Crippen molar-refractivity contribution in [2.45, 2.75) is 43.7 Å². The molecule has 1 aliphatic heterocycles. The molecule has 2 aliphatic rings. The number of ether oxygens (including phenoxy) is 1. The van der Waals surface area contributed by atoms with E-state index in [1.54, 1.807) is 0 Å². The quantitative estimate of drug-likeness (QED) is 0.854. The van der Waals surface area contributed by atoms with Gasteiger partial charge in [-0.2, -0.15) is 12.6 Å². The normalized spacial score (nSPS) is 28.9. The fraction of sp³-hybridized carbons (Fsp3) is 0.647. The Kier molecular flexibility index (Phi) is 5.03. The van der Waals surface area contributed by atoms with Crippen molar-refractivity contribution in [2.75, 3.05) is 25.4 Å². The molecule has 20 heavy (non-hydrogen) atoms. The van der Waals surface area contributed by atoms with Gasteiger partial charge in [-0.3, -0.25) is 4.90 Å². The first-order valence-corrected chi connectivity index (χ1v) is 8.53. The largest absolute Gasteiger partial charge is 0.375 e. The van der Waals surface area contributed by atoms with E-state index in [0.717, 1.165) is 25.4 Å². The van der Waals surface area contributed by atoms with Crippen molar-refractivity contribution >= 4 is 12.6 Å². The van der Waals surface area contributed by atoms with Crippen LogP contribution in [-0.2, 0) is 4.74 Å². The van der Waals surface area contributed by atoms with Crippen LogP contribution in [0.2, 0.25) is 0 Å². The van der Waals surface area contributed by atoms with Crippen molar-refractivity contribution in [1.29, 1.82) is 0 Å². The second-order valence-electron chi connectivity index (χ2n) is 6.05. The molecule has 1 aromatic rings. The number of nitrogens with zero attached hydrogens (tertiary/aromatic N) is 1. The molecule has 3 atom stereocenters. The van der Waals surface area contributed by atoms with Gasteiger partial charge in [0.2, 0.25) is 0 Å². The summed E-state index contributed by atoms with van der Waals surface area (Å²) in [6.45, 7) is 3.10. The van der Waals surface area contributed by atoms with Crippen molar-refractivity contribution in [1.82, 2.24) is 4.90 Å². The second-order valence-corrected chi connectivity index (χ2v) is 6.41. The summed E-state index contributed by atoms with van der Waals surface area (Å²) < 4.78 is 5.97. The van der Waals surface area contributed by atoms with E-state index in [4.69, 9.17) is 4.74 Å². The molecule has 2 nitrogen and oxygen atoms in total. The Morgan fingerprint density at radius 2 is 2.00 bits per heavy atom. The Morgan fingerprint density at radius 1 is 1.20 bits per heavy atom. The number of benzene rings is 1. The van der Waals surface area contributed by atoms with Crippen LogP contribution in [0, 0.1) is 0 Å². The lowest BCUT2D eigenvalue weighted by Gasteiger charge is -2.45. The highest BCUT2D eigenvalue weighted by Gasteiger charge is 2.34. The molecule has 3 heteroatoms. The highest BCUT2D eigenvalue weighted by molar-refractivity contribution is 7.80. The highest BCUT2D eigenvalue weighted by Crippen LogP contribution is 2.30. The van der Waals surface area contributed by atoms with Crippen molar-refractivity contribution in [2.24, 2.45) is 0 Å². The van der Waals surface area contributed by atoms with Crippen LogP contribution in [0.5, 0.6) is 0 Å². The summed E-state index contributed by atoms with van der Waals surface area (Å²) >= 11 is 4.59. The maximum Gasteiger partial charge on any atom is 0.0730 e. The van der Waals surface area contributed by atoms with E-state index < -0.39 is 0 Å². The smallest absolute Gasteiger partial charge is 0.0730 e. The predicted octanol–water partition coefficient (Wildman–Crippen LogP) is 3.34. The molecule has 2 fully saturated rings. The van der Waals surface area contributed by atoms with Gasteiger partial charge < -0.3 is 4.74 Å². The van der Waals surface area contributed by atoms with Crippen LogP contribution in [0.15, 0.2) is 30.3 Å². The van der Waals surface area contributed by atoms with Crippen molar-refractivity contribution in [3.8, 4) is 0 Å². The molecule has 1 saturated carbocycles. The number of thiol groups is 1. The van der Waals surface area contributed by atoms with Crippen molar-refractivity contribution in [3.63, 3.8) is 0 Å². The van der Waals surface area contributed by atoms with E-state index in [1.165, 1.54) is 31.2 Å². The lowest BCUT2D eigenvalue weighted by Crippen LogP contribution is -2.53. The molecule has 1 aromatic carbocycles. The first-order chi connectivity index (χ1) is 9.88. The van der Waals surface area contributed by atoms with Crippen molar-refractivity contribution in [3.05, 3.63) is 35.9 Å². The summed E-state index contributed by atoms with van der Waals surface area (Å²) in [6, 6.07) is 11.5. The molecule has 0 aromatic heterocycles. The molecular formula is C17H25NOS. The first kappa shape index (κ1) is 14.4. The zero-order chi connectivity index (χ0) is 13.8. The van der Waals surface area contributed by atoms with Gasteiger partial charge in [0.15, 0.2) is 0 Å². The Hall–Kier alpha value is -0.510. The van der Waals surface area contributed by atoms with Gasteiger partial charge in [-0.15, -0.1) is 0 Å². The van der Waals surface area contributed by atoms with E-state index in [-0.39, 0.29) is 0 Å². The van der Waals surface area contributed by atoms with Crippen LogP contribution in [0.25, 0.3) is 0 Å². The lowest BCUT2D eigenvalue weighted by molar-refractivity contribution is -0.0890. The molecule has 0 amide bonds. The molecular weight excluding hydrogens is 266 g/mol. The van der Waals surface area contributed by atoms with Gasteiger partial charge in [0, 0.05) is 25.0 Å². The highest BCUT2D eigenvalue weighted by atomic mass is 32.1. The third-order valence-corrected chi connectivity index (χ3v) is 5.23. The van der Waals surface area contributed by atoms with Gasteiger partial charge in [0.1, 0.15) is 0 Å². The van der Waals surface area contributed by atoms with Gasteiger partial charge in [-0.05, 0) is 24.2 Å². The Balaban J connectivity index is 1.68. The summed E-state index contributed by atoms with van der Waals surface area (Å²) in [5, 5.41) is 0. The second kappa shape index (κ2) is 6.97. The van der Waals surface area contributed by atoms with E-state index in [1.807, 2.05) is 0 Å². The summed E-state index contributed by atoms with van der Waals surface area (Å²) in [6.07, 6.45) is 5.73. The van der Waals surface area contributed by atoms with Crippen LogP contribution in [0.4, 0.5) is 0 Å². The van der Waals surface area contributed by atoms with Crippen LogP contribution >= 0.6 is 12.6 Å². The SMILES string of the molecule is SCC(CN1CCOC2CCCCC21)c1ccccc1. The first-order valence-electron chi connectivity index (χ1n) is 7.90. The molecule has 0 bridgehead atoms. The van der Waals surface area contributed by atoms with Gasteiger partial charge >= 0.3 is 0 Å². The number of rotatable bonds is 4. The maximum absolute atomic E-state index is 5.97. The van der Waals surface area contributed by atoms with E-state index in [2.05, 4.69) is 47.9 Å². The molecule has 1 saturated heterocycles. The minimum absolute atomic E-state index is 0.480. The molecule has 0 spiro atoms. The lowest BCUT2D eigenvalue weighted by atomic mass is 9.89. The fourth-order valence-electron chi connectivity index (χ4n) is 3.68. The number of hydrogen-bond donors (Lipinski definition) is 1. The topological polar surface area (TPSA) is 12.5 Å². The molecule has 1 heterocycles. The van der Waals surface area contributed by atoms with E-state index in [0.29, 0.717) is 18.1 Å². The third-order valence-electron chi connectivity index (χ3n) is 4.79. The summed E-state index contributed by atoms with van der Waals surface area (Å²) in [5.41, 5.74) is 1.42. The van der Waals surface area contributed by atoms with Crippen LogP contribution in [0.3, 0.4) is 0 Å². The van der Waals surface area contributed by atoms with Crippen molar-refractivity contribution < 1.29 is 4.74 Å². The average Bonchev–Trinajstić information content (AvgIpc) is 2.53. The number of fused-ring (bicyclic) bond motifs is 1. The standard InChI is InChI=1S/C17H25NOS/c20-13-15(14-6-2-1-3-7-14)12-18-10-11-19-17-9-5-4-8-16(17)18/h1-3,6-7,15-17,20H,4-5,8-13H2. The van der Waals surface area contributed by atoms with Gasteiger partial charge in [0.25, 0.3) is 0 Å². The zero-order valence-corrected chi connectivity index (χ0v) is 13.0. The molecule has 0 radical (unpaired) electrons. The molecule has 1 aliphatic carbocycles. The van der Waals surface area contributed by atoms with Crippen LogP contribution in [0.1, 0.15) is 37.2 Å². The van der Waals surface area contributed by atoms with E-state index in [9.17, 15) is 0 Å². The minimum atomic E-state index is 0.480. The Bertz CT molecular complexity index is 409. The molecule has 0 N–H and O–H groups in total. The van der Waals surface area contributed by atoms with E-state index >= 15 is 0 Å². The fourth-order valence-corrected chi connectivity index (χ4v) is 4.01. The predicted molar refractivity (Wildman–Crippen MR) is 86.6 cm³/mol. The molecule has 3 unspecified atom stereocenters. The van der Waals surface area contributed by atoms with Gasteiger partial charge in [-0.25, -0.2) is 0 Å².